The van der Waals surface area contributed by atoms with Gasteiger partial charge in [0.15, 0.2) is 0 Å². The molecule has 3 amide bonds. The van der Waals surface area contributed by atoms with E-state index in [1.165, 1.54) is 4.90 Å². The van der Waals surface area contributed by atoms with Gasteiger partial charge in [0.25, 0.3) is 5.91 Å². The molecule has 1 heterocycles. The molecule has 5 nitrogen and oxygen atoms in total. The number of hydrogen-bond acceptors (Lipinski definition) is 3. The summed E-state index contributed by atoms with van der Waals surface area (Å²) in [5.74, 6) is -0.392. The van der Waals surface area contributed by atoms with Crippen LogP contribution >= 0.6 is 0 Å². The molecule has 27 heavy (non-hydrogen) atoms. The van der Waals surface area contributed by atoms with Crippen LogP contribution in [0, 0.1) is 0 Å². The predicted octanol–water partition coefficient (Wildman–Crippen LogP) is 3.61. The molecule has 2 aromatic rings. The molecule has 5 heteroatoms. The van der Waals surface area contributed by atoms with Gasteiger partial charge in [-0.3, -0.25) is 19.3 Å². The molecule has 0 bridgehead atoms. The minimum atomic E-state index is -0.132. The van der Waals surface area contributed by atoms with Crippen molar-refractivity contribution in [1.82, 2.24) is 10.2 Å². The minimum Gasteiger partial charge on any atom is -0.345 e. The van der Waals surface area contributed by atoms with Crippen LogP contribution in [-0.2, 0) is 16.1 Å². The van der Waals surface area contributed by atoms with Gasteiger partial charge in [0.1, 0.15) is 0 Å². The number of nitrogens with one attached hydrogen (secondary N) is 1. The van der Waals surface area contributed by atoms with E-state index >= 15 is 0 Å². The largest absolute Gasteiger partial charge is 0.345 e. The number of hydrogen-bond donors (Lipinski definition) is 1. The molecule has 2 aromatic carbocycles. The Morgan fingerprint density at radius 2 is 1.63 bits per heavy atom. The Bertz CT molecular complexity index is 799. The van der Waals surface area contributed by atoms with Crippen molar-refractivity contribution in [1.29, 1.82) is 0 Å². The van der Waals surface area contributed by atoms with Gasteiger partial charge < -0.3 is 5.32 Å². The Hall–Kier alpha value is -2.95. The molecule has 1 saturated heterocycles. The number of rotatable bonds is 7. The predicted molar refractivity (Wildman–Crippen MR) is 103 cm³/mol. The van der Waals surface area contributed by atoms with E-state index < -0.39 is 0 Å². The molecular weight excluding hydrogens is 340 g/mol. The van der Waals surface area contributed by atoms with Gasteiger partial charge in [-0.2, -0.15) is 0 Å². The lowest BCUT2D eigenvalue weighted by Gasteiger charge is -2.19. The topological polar surface area (TPSA) is 66.5 Å². The second-order valence-electron chi connectivity index (χ2n) is 6.80. The van der Waals surface area contributed by atoms with E-state index in [0.29, 0.717) is 5.56 Å². The number of likely N-dealkylation sites (tertiary alicyclic amines) is 1. The van der Waals surface area contributed by atoms with Gasteiger partial charge in [-0.05, 0) is 29.7 Å². The highest BCUT2D eigenvalue weighted by Crippen LogP contribution is 2.20. The Morgan fingerprint density at radius 1 is 1.00 bits per heavy atom. The van der Waals surface area contributed by atoms with E-state index in [1.807, 2.05) is 30.3 Å². The van der Waals surface area contributed by atoms with E-state index in [9.17, 15) is 14.4 Å². The van der Waals surface area contributed by atoms with Crippen molar-refractivity contribution in [3.05, 3.63) is 71.3 Å². The zero-order chi connectivity index (χ0) is 19.2. The van der Waals surface area contributed by atoms with Crippen LogP contribution < -0.4 is 5.32 Å². The first-order valence-corrected chi connectivity index (χ1v) is 9.36. The highest BCUT2D eigenvalue weighted by Gasteiger charge is 2.28. The van der Waals surface area contributed by atoms with E-state index in [4.69, 9.17) is 0 Å². The van der Waals surface area contributed by atoms with E-state index in [1.54, 1.807) is 24.3 Å². The summed E-state index contributed by atoms with van der Waals surface area (Å²) in [6, 6.07) is 17.0. The first-order chi connectivity index (χ1) is 13.1. The van der Waals surface area contributed by atoms with Gasteiger partial charge in [-0.1, -0.05) is 55.8 Å². The van der Waals surface area contributed by atoms with Crippen LogP contribution in [0.4, 0.5) is 0 Å². The van der Waals surface area contributed by atoms with Gasteiger partial charge >= 0.3 is 0 Å². The lowest BCUT2D eigenvalue weighted by molar-refractivity contribution is -0.139. The third-order valence-electron chi connectivity index (χ3n) is 4.80. The quantitative estimate of drug-likeness (QED) is 0.763. The zero-order valence-electron chi connectivity index (χ0n) is 15.5. The van der Waals surface area contributed by atoms with Crippen LogP contribution in [0.2, 0.25) is 0 Å². The molecule has 0 aliphatic carbocycles. The molecular formula is C22H24N2O3. The third-order valence-corrected chi connectivity index (χ3v) is 4.80. The smallest absolute Gasteiger partial charge is 0.251 e. The fraction of sp³-hybridized carbons (Fsp3) is 0.318. The summed E-state index contributed by atoms with van der Waals surface area (Å²) >= 11 is 0. The molecule has 1 N–H and O–H groups in total. The highest BCUT2D eigenvalue weighted by molar-refractivity contribution is 6.01. The fourth-order valence-electron chi connectivity index (χ4n) is 3.28. The molecule has 140 valence electrons. The van der Waals surface area contributed by atoms with Gasteiger partial charge in [0.05, 0.1) is 12.6 Å². The normalized spacial score (nSPS) is 15.1. The van der Waals surface area contributed by atoms with Gasteiger partial charge in [-0.25, -0.2) is 0 Å². The van der Waals surface area contributed by atoms with Crippen molar-refractivity contribution in [2.75, 3.05) is 0 Å². The van der Waals surface area contributed by atoms with E-state index in [2.05, 4.69) is 12.2 Å². The van der Waals surface area contributed by atoms with Crippen molar-refractivity contribution < 1.29 is 14.4 Å². The lowest BCUT2D eigenvalue weighted by atomic mass is 10.0. The van der Waals surface area contributed by atoms with E-state index in [-0.39, 0.29) is 43.1 Å². The van der Waals surface area contributed by atoms with Crippen molar-refractivity contribution in [3.8, 4) is 0 Å². The minimum absolute atomic E-state index is 0.0248. The Labute approximate surface area is 159 Å². The zero-order valence-corrected chi connectivity index (χ0v) is 15.5. The van der Waals surface area contributed by atoms with E-state index in [0.717, 1.165) is 24.0 Å². The fourth-order valence-corrected chi connectivity index (χ4v) is 3.28. The molecule has 1 atom stereocenters. The van der Waals surface area contributed by atoms with Gasteiger partial charge in [0, 0.05) is 18.4 Å². The van der Waals surface area contributed by atoms with Crippen LogP contribution in [0.3, 0.4) is 0 Å². The molecule has 0 radical (unpaired) electrons. The molecule has 1 aliphatic rings. The van der Waals surface area contributed by atoms with Crippen molar-refractivity contribution in [2.24, 2.45) is 0 Å². The first-order valence-electron chi connectivity index (χ1n) is 9.36. The van der Waals surface area contributed by atoms with Crippen LogP contribution in [0.5, 0.6) is 0 Å². The summed E-state index contributed by atoms with van der Waals surface area (Å²) in [5, 5.41) is 3.10. The summed E-state index contributed by atoms with van der Waals surface area (Å²) in [6.45, 7) is 2.36. The number of carbonyl (C=O) groups is 3. The van der Waals surface area contributed by atoms with Crippen molar-refractivity contribution in [3.63, 3.8) is 0 Å². The van der Waals surface area contributed by atoms with Crippen LogP contribution in [0.25, 0.3) is 0 Å². The maximum Gasteiger partial charge on any atom is 0.251 e. The molecule has 0 spiro atoms. The Morgan fingerprint density at radius 3 is 2.22 bits per heavy atom. The number of carbonyl (C=O) groups excluding carboxylic acids is 3. The first kappa shape index (κ1) is 18.8. The second-order valence-corrected chi connectivity index (χ2v) is 6.80. The van der Waals surface area contributed by atoms with Crippen LogP contribution in [-0.4, -0.2) is 22.6 Å². The SMILES string of the molecule is CCC[C@H](NC(=O)c1ccc(CN2C(=O)CCC2=O)cc1)c1ccccc1. The molecule has 0 aromatic heterocycles. The summed E-state index contributed by atoms with van der Waals surface area (Å²) in [7, 11) is 0. The van der Waals surface area contributed by atoms with Crippen molar-refractivity contribution >= 4 is 17.7 Å². The summed E-state index contributed by atoms with van der Waals surface area (Å²) in [4.78, 5) is 37.4. The third kappa shape index (κ3) is 4.61. The average Bonchev–Trinajstić information content (AvgIpc) is 3.01. The molecule has 0 saturated carbocycles. The number of benzene rings is 2. The molecule has 1 fully saturated rings. The lowest BCUT2D eigenvalue weighted by Crippen LogP contribution is -2.29. The summed E-state index contributed by atoms with van der Waals surface area (Å²) in [6.07, 6.45) is 2.42. The average molecular weight is 364 g/mol. The summed E-state index contributed by atoms with van der Waals surface area (Å²) < 4.78 is 0. The van der Waals surface area contributed by atoms with Crippen LogP contribution in [0.1, 0.15) is 60.1 Å². The monoisotopic (exact) mass is 364 g/mol. The second kappa shape index (κ2) is 8.62. The number of nitrogens with zero attached hydrogens (tertiary/aromatic N) is 1. The Balaban J connectivity index is 1.66. The standard InChI is InChI=1S/C22H24N2O3/c1-2-6-19(17-7-4-3-5-8-17)23-22(27)18-11-9-16(10-12-18)15-24-20(25)13-14-21(24)26/h3-5,7-12,19H,2,6,13-15H2,1H3,(H,23,27)/t19-/m0/s1. The number of amides is 3. The van der Waals surface area contributed by atoms with Crippen LogP contribution in [0.15, 0.2) is 54.6 Å². The van der Waals surface area contributed by atoms with Gasteiger partial charge in [-0.15, -0.1) is 0 Å². The highest BCUT2D eigenvalue weighted by atomic mass is 16.2. The van der Waals surface area contributed by atoms with Crippen molar-refractivity contribution in [2.45, 2.75) is 45.2 Å². The summed E-state index contributed by atoms with van der Waals surface area (Å²) in [5.41, 5.74) is 2.49. The molecule has 1 aliphatic heterocycles. The maximum absolute atomic E-state index is 12.6. The molecule has 0 unspecified atom stereocenters. The Kier molecular flexibility index (Phi) is 6.01. The van der Waals surface area contributed by atoms with Gasteiger partial charge in [0.2, 0.25) is 11.8 Å². The maximum atomic E-state index is 12.6. The number of imide groups is 1. The molecule has 3 rings (SSSR count).